The lowest BCUT2D eigenvalue weighted by atomic mass is 9.43. The Kier molecular flexibility index (Phi) is 21.3. The number of nitrogens with one attached hydrogen (secondary N) is 4. The number of carbonyl (C=O) groups is 1. The zero-order valence-corrected chi connectivity index (χ0v) is 40.2. The van der Waals surface area contributed by atoms with E-state index in [9.17, 15) is 39.2 Å². The molecule has 0 aliphatic heterocycles. The molecule has 0 bridgehead atoms. The van der Waals surface area contributed by atoms with Crippen molar-refractivity contribution in [1.29, 1.82) is 0 Å². The molecule has 0 aromatic heterocycles. The van der Waals surface area contributed by atoms with Gasteiger partial charge in [0.1, 0.15) is 17.6 Å². The Balaban J connectivity index is 1.53. The number of carbonyl (C=O) groups excluding carboxylic acids is 1. The molecule has 364 valence electrons. The van der Waals surface area contributed by atoms with Gasteiger partial charge in [0.05, 0.1) is 25.0 Å². The second-order valence-corrected chi connectivity index (χ2v) is 23.6. The molecule has 0 heterocycles. The van der Waals surface area contributed by atoms with Crippen molar-refractivity contribution < 1.29 is 57.9 Å². The van der Waals surface area contributed by atoms with Crippen molar-refractivity contribution in [3.8, 4) is 0 Å². The highest BCUT2D eigenvalue weighted by atomic mass is 32.2. The summed E-state index contributed by atoms with van der Waals surface area (Å²) in [6, 6.07) is 0. The van der Waals surface area contributed by atoms with E-state index in [1.807, 2.05) is 0 Å². The van der Waals surface area contributed by atoms with Gasteiger partial charge in [-0.1, -0.05) is 59.8 Å². The minimum Gasteiger partial charge on any atom is -0.378 e. The molecule has 20 heteroatoms. The van der Waals surface area contributed by atoms with Gasteiger partial charge >= 0.3 is 0 Å². The Hall–Kier alpha value is -1.04. The average molecular weight is 945 g/mol. The number of ether oxygens (including phenoxy) is 3. The van der Waals surface area contributed by atoms with Crippen LogP contribution < -0.4 is 21.3 Å². The SMILES string of the molecule is CCCCCCCCNC(=O)CC[C@@H](C)C1CC[C@H]2C3[C@H](OCCCNCS(=O)(=O)O)CC4C[C@H](OCNCS(=O)(=O)O)CCC4(C)[C@H]3C[C@H](OCCCNCS(=O)(=O)O)C12C. The van der Waals surface area contributed by atoms with E-state index in [0.717, 1.165) is 64.2 Å². The van der Waals surface area contributed by atoms with Gasteiger partial charge in [0, 0.05) is 31.6 Å². The predicted molar refractivity (Wildman–Crippen MR) is 238 cm³/mol. The van der Waals surface area contributed by atoms with Gasteiger partial charge in [0.25, 0.3) is 30.4 Å². The summed E-state index contributed by atoms with van der Waals surface area (Å²) in [5.74, 6) is -0.0536. The van der Waals surface area contributed by atoms with Gasteiger partial charge in [-0.05, 0) is 125 Å². The van der Waals surface area contributed by atoms with Gasteiger partial charge in [-0.25, -0.2) is 0 Å². The molecule has 0 radical (unpaired) electrons. The molecule has 5 unspecified atom stereocenters. The van der Waals surface area contributed by atoms with Crippen molar-refractivity contribution in [2.75, 3.05) is 57.2 Å². The van der Waals surface area contributed by atoms with Crippen LogP contribution in [0.1, 0.15) is 137 Å². The van der Waals surface area contributed by atoms with E-state index in [2.05, 4.69) is 49.0 Å². The Labute approximate surface area is 372 Å². The highest BCUT2D eigenvalue weighted by molar-refractivity contribution is 7.86. The Morgan fingerprint density at radius 3 is 1.97 bits per heavy atom. The van der Waals surface area contributed by atoms with Gasteiger partial charge < -0.3 is 30.2 Å². The smallest absolute Gasteiger partial charge is 0.278 e. The van der Waals surface area contributed by atoms with Crippen LogP contribution in [0.15, 0.2) is 0 Å². The lowest BCUT2D eigenvalue weighted by molar-refractivity contribution is -0.227. The van der Waals surface area contributed by atoms with Crippen molar-refractivity contribution in [2.24, 2.45) is 46.3 Å². The molecule has 4 rings (SSSR count). The van der Waals surface area contributed by atoms with Crippen LogP contribution in [0, 0.1) is 46.3 Å². The fourth-order valence-corrected chi connectivity index (χ4v) is 13.2. The zero-order chi connectivity index (χ0) is 45.6. The molecule has 7 N–H and O–H groups in total. The van der Waals surface area contributed by atoms with Crippen LogP contribution in [0.2, 0.25) is 0 Å². The van der Waals surface area contributed by atoms with Crippen molar-refractivity contribution >= 4 is 36.3 Å². The third kappa shape index (κ3) is 16.4. The monoisotopic (exact) mass is 944 g/mol. The van der Waals surface area contributed by atoms with E-state index in [1.165, 1.54) is 25.7 Å². The second-order valence-electron chi connectivity index (χ2n) is 19.3. The van der Waals surface area contributed by atoms with E-state index < -0.39 is 48.0 Å². The maximum atomic E-state index is 13.1. The van der Waals surface area contributed by atoms with Crippen LogP contribution >= 0.6 is 0 Å². The van der Waals surface area contributed by atoms with Gasteiger partial charge in [0.15, 0.2) is 0 Å². The Morgan fingerprint density at radius 2 is 1.32 bits per heavy atom. The number of rotatable bonds is 30. The van der Waals surface area contributed by atoms with E-state index in [0.29, 0.717) is 52.1 Å². The molecular formula is C42H80N4O13S3. The standard InChI is InChI=1S/C42H80N4O13S3/c1-5-6-7-8-9-10-21-46-39(47)16-13-31(2)34-14-15-35-40-36(26-38(42(34,35)4)58-23-12-20-44-29-61(51,52)53)41(3)18-17-33(59-27-45-30-62(54,55)56)24-32(41)25-37(40)57-22-11-19-43-28-60(48,49)50/h31-38,40,43-45H,5-30H2,1-4H3,(H,46,47)(H,48,49,50)(H,51,52,53)(H,54,55,56)/t31-,32?,33-,34?,35+,36+,37-,38+,40?,41?,42?/m1/s1. The highest BCUT2D eigenvalue weighted by Crippen LogP contribution is 2.69. The second kappa shape index (κ2) is 24.6. The Bertz CT molecular complexity index is 1710. The maximum absolute atomic E-state index is 13.1. The van der Waals surface area contributed by atoms with Crippen LogP contribution in [-0.2, 0) is 49.4 Å². The average Bonchev–Trinajstić information content (AvgIpc) is 3.54. The number of unbranched alkanes of at least 4 members (excludes halogenated alkanes) is 5. The largest absolute Gasteiger partial charge is 0.378 e. The summed E-state index contributed by atoms with van der Waals surface area (Å²) in [6.45, 7) is 11.5. The molecule has 4 saturated carbocycles. The minimum absolute atomic E-state index is 0.00771. The van der Waals surface area contributed by atoms with Crippen molar-refractivity contribution in [3.05, 3.63) is 0 Å². The molecule has 0 spiro atoms. The molecule has 4 aliphatic rings. The molecule has 0 saturated heterocycles. The predicted octanol–water partition coefficient (Wildman–Crippen LogP) is 4.96. The molecule has 0 aromatic rings. The molecule has 4 fully saturated rings. The van der Waals surface area contributed by atoms with Crippen molar-refractivity contribution in [3.63, 3.8) is 0 Å². The van der Waals surface area contributed by atoms with E-state index in [1.54, 1.807) is 0 Å². The third-order valence-electron chi connectivity index (χ3n) is 15.0. The molecule has 62 heavy (non-hydrogen) atoms. The lowest BCUT2D eigenvalue weighted by Gasteiger charge is -2.65. The first-order valence-corrected chi connectivity index (χ1v) is 28.1. The summed E-state index contributed by atoms with van der Waals surface area (Å²) < 4.78 is 115. The molecule has 0 aromatic carbocycles. The van der Waals surface area contributed by atoms with E-state index in [-0.39, 0.29) is 77.3 Å². The lowest BCUT2D eigenvalue weighted by Crippen LogP contribution is -2.63. The highest BCUT2D eigenvalue weighted by Gasteiger charge is 2.66. The first-order chi connectivity index (χ1) is 29.2. The molecule has 11 atom stereocenters. The molecule has 17 nitrogen and oxygen atoms in total. The summed E-state index contributed by atoms with van der Waals surface area (Å²) >= 11 is 0. The van der Waals surface area contributed by atoms with E-state index in [4.69, 9.17) is 18.8 Å². The summed E-state index contributed by atoms with van der Waals surface area (Å²) in [6.07, 6.45) is 15.1. The van der Waals surface area contributed by atoms with Crippen molar-refractivity contribution in [1.82, 2.24) is 21.3 Å². The Morgan fingerprint density at radius 1 is 0.710 bits per heavy atom. The summed E-state index contributed by atoms with van der Waals surface area (Å²) in [5.41, 5.74) is -0.306. The van der Waals surface area contributed by atoms with Crippen LogP contribution in [-0.4, -0.2) is 120 Å². The summed E-state index contributed by atoms with van der Waals surface area (Å²) in [5, 5.41) is 11.4. The number of hydrogen-bond donors (Lipinski definition) is 7. The van der Waals surface area contributed by atoms with Crippen LogP contribution in [0.25, 0.3) is 0 Å². The number of fused-ring (bicyclic) bond motifs is 5. The third-order valence-corrected chi connectivity index (χ3v) is 16.7. The molecule has 4 aliphatic carbocycles. The van der Waals surface area contributed by atoms with Gasteiger partial charge in [-0.3, -0.25) is 23.8 Å². The van der Waals surface area contributed by atoms with Crippen LogP contribution in [0.4, 0.5) is 0 Å². The fraction of sp³-hybridized carbons (Fsp3) is 0.976. The van der Waals surface area contributed by atoms with Crippen LogP contribution in [0.5, 0.6) is 0 Å². The quantitative estimate of drug-likeness (QED) is 0.0286. The van der Waals surface area contributed by atoms with E-state index >= 15 is 0 Å². The minimum atomic E-state index is -4.18. The van der Waals surface area contributed by atoms with Crippen molar-refractivity contribution in [2.45, 2.75) is 155 Å². The topological polar surface area (TPSA) is 256 Å². The normalized spacial score (nSPS) is 31.9. The molecule has 1 amide bonds. The first kappa shape index (κ1) is 53.6. The maximum Gasteiger partial charge on any atom is 0.278 e. The van der Waals surface area contributed by atoms with Gasteiger partial charge in [0.2, 0.25) is 5.91 Å². The fourth-order valence-electron chi connectivity index (χ4n) is 12.0. The first-order valence-electron chi connectivity index (χ1n) is 23.3. The number of hydrogen-bond acceptors (Lipinski definition) is 13. The number of amides is 1. The van der Waals surface area contributed by atoms with Gasteiger partial charge in [-0.2, -0.15) is 25.3 Å². The summed E-state index contributed by atoms with van der Waals surface area (Å²) in [7, 11) is -12.5. The van der Waals surface area contributed by atoms with Crippen LogP contribution in [0.3, 0.4) is 0 Å². The summed E-state index contributed by atoms with van der Waals surface area (Å²) in [4.78, 5) is 13.1. The molecular weight excluding hydrogens is 865 g/mol. The zero-order valence-electron chi connectivity index (χ0n) is 37.7. The van der Waals surface area contributed by atoms with Gasteiger partial charge in [-0.15, -0.1) is 0 Å².